The molecule has 3 heterocycles. The molecule has 0 saturated carbocycles. The van der Waals surface area contributed by atoms with Gasteiger partial charge >= 0.3 is 0 Å². The lowest BCUT2D eigenvalue weighted by Gasteiger charge is -2.04. The molecule has 0 spiro atoms. The summed E-state index contributed by atoms with van der Waals surface area (Å²) in [5, 5.41) is 10.6. The number of fused-ring (bicyclic) bond motifs is 1. The Hall–Kier alpha value is -2.76. The number of hydrogen-bond acceptors (Lipinski definition) is 7. The zero-order chi connectivity index (χ0) is 19.0. The molecule has 1 amide bonds. The van der Waals surface area contributed by atoms with Crippen molar-refractivity contribution in [2.75, 3.05) is 10.0 Å². The molecule has 0 aliphatic rings. The molecule has 0 radical (unpaired) electrons. The molecule has 138 valence electrons. The predicted octanol–water partition coefficient (Wildman–Crippen LogP) is 3.28. The van der Waals surface area contributed by atoms with Crippen molar-refractivity contribution in [3.63, 3.8) is 0 Å². The molecule has 0 fully saturated rings. The lowest BCUT2D eigenvalue weighted by molar-refractivity contribution is -0.114. The molecule has 0 aliphatic heterocycles. The number of thiazole rings is 1. The fraction of sp³-hybridized carbons (Fsp3) is 0.0625. The lowest BCUT2D eigenvalue weighted by atomic mass is 10.1. The van der Waals surface area contributed by atoms with E-state index in [1.807, 2.05) is 17.5 Å². The van der Waals surface area contributed by atoms with E-state index in [0.29, 0.717) is 10.6 Å². The molecule has 8 nitrogen and oxygen atoms in total. The van der Waals surface area contributed by atoms with E-state index in [0.717, 1.165) is 22.6 Å². The summed E-state index contributed by atoms with van der Waals surface area (Å²) in [6, 6.07) is 10.5. The van der Waals surface area contributed by atoms with Crippen LogP contribution < -0.4 is 10.0 Å². The second kappa shape index (κ2) is 6.76. The summed E-state index contributed by atoms with van der Waals surface area (Å²) in [4.78, 5) is 15.9. The van der Waals surface area contributed by atoms with E-state index in [2.05, 4.69) is 20.1 Å². The SMILES string of the molecule is CC(=O)Nc1ccc(-c2csc3nc(NS(=O)(=O)c4cccs4)nn23)cc1. The highest BCUT2D eigenvalue weighted by Crippen LogP contribution is 2.27. The van der Waals surface area contributed by atoms with E-state index >= 15 is 0 Å². The van der Waals surface area contributed by atoms with Crippen LogP contribution in [0.3, 0.4) is 0 Å². The van der Waals surface area contributed by atoms with Gasteiger partial charge in [0.25, 0.3) is 16.0 Å². The summed E-state index contributed by atoms with van der Waals surface area (Å²) in [5.74, 6) is -0.119. The average Bonchev–Trinajstić information content (AvgIpc) is 3.31. The van der Waals surface area contributed by atoms with Gasteiger partial charge in [-0.2, -0.15) is 4.98 Å². The first kappa shape index (κ1) is 17.6. The van der Waals surface area contributed by atoms with Crippen molar-refractivity contribution in [3.05, 3.63) is 47.2 Å². The highest BCUT2D eigenvalue weighted by atomic mass is 32.2. The van der Waals surface area contributed by atoms with Gasteiger partial charge in [-0.1, -0.05) is 18.2 Å². The summed E-state index contributed by atoms with van der Waals surface area (Å²) in [6.07, 6.45) is 0. The third-order valence-electron chi connectivity index (χ3n) is 3.57. The molecular formula is C16H13N5O3S3. The second-order valence-corrected chi connectivity index (χ2v) is 9.24. The fourth-order valence-electron chi connectivity index (χ4n) is 2.44. The molecule has 1 aromatic carbocycles. The predicted molar refractivity (Wildman–Crippen MR) is 106 cm³/mol. The Morgan fingerprint density at radius 2 is 1.93 bits per heavy atom. The smallest absolute Gasteiger partial charge is 0.273 e. The summed E-state index contributed by atoms with van der Waals surface area (Å²) in [6.45, 7) is 1.45. The second-order valence-electron chi connectivity index (χ2n) is 5.55. The Balaban J connectivity index is 1.64. The number of anilines is 2. The zero-order valence-electron chi connectivity index (χ0n) is 13.9. The van der Waals surface area contributed by atoms with Crippen LogP contribution in [0.4, 0.5) is 11.6 Å². The minimum atomic E-state index is -3.70. The molecule has 0 unspecified atom stereocenters. The van der Waals surface area contributed by atoms with E-state index in [-0.39, 0.29) is 16.1 Å². The van der Waals surface area contributed by atoms with Crippen LogP contribution in [0.2, 0.25) is 0 Å². The third kappa shape index (κ3) is 3.56. The number of carbonyl (C=O) groups excluding carboxylic acids is 1. The van der Waals surface area contributed by atoms with E-state index in [4.69, 9.17) is 0 Å². The molecule has 0 atom stereocenters. The van der Waals surface area contributed by atoms with Crippen LogP contribution in [0.15, 0.2) is 51.4 Å². The number of amides is 1. The van der Waals surface area contributed by atoms with E-state index in [1.165, 1.54) is 24.3 Å². The number of thiophene rings is 1. The molecule has 0 aliphatic carbocycles. The first-order valence-electron chi connectivity index (χ1n) is 7.71. The minimum absolute atomic E-state index is 0.0198. The van der Waals surface area contributed by atoms with Crippen LogP contribution >= 0.6 is 22.7 Å². The van der Waals surface area contributed by atoms with Crippen molar-refractivity contribution in [1.82, 2.24) is 14.6 Å². The molecule has 3 aromatic heterocycles. The first-order valence-corrected chi connectivity index (χ1v) is 11.0. The van der Waals surface area contributed by atoms with Crippen LogP contribution in [-0.2, 0) is 14.8 Å². The Morgan fingerprint density at radius 3 is 2.59 bits per heavy atom. The number of aromatic nitrogens is 3. The zero-order valence-corrected chi connectivity index (χ0v) is 16.4. The number of nitrogens with zero attached hydrogens (tertiary/aromatic N) is 3. The molecule has 0 saturated heterocycles. The number of sulfonamides is 1. The van der Waals surface area contributed by atoms with E-state index in [1.54, 1.807) is 28.1 Å². The Kier molecular flexibility index (Phi) is 4.42. The number of hydrogen-bond donors (Lipinski definition) is 2. The van der Waals surface area contributed by atoms with Crippen molar-refractivity contribution >= 4 is 55.2 Å². The van der Waals surface area contributed by atoms with Crippen LogP contribution in [-0.4, -0.2) is 28.9 Å². The molecule has 0 bridgehead atoms. The van der Waals surface area contributed by atoms with Crippen molar-refractivity contribution in [3.8, 4) is 11.3 Å². The first-order chi connectivity index (χ1) is 12.9. The van der Waals surface area contributed by atoms with Crippen molar-refractivity contribution in [1.29, 1.82) is 0 Å². The summed E-state index contributed by atoms with van der Waals surface area (Å²) < 4.78 is 28.8. The average molecular weight is 420 g/mol. The Bertz CT molecular complexity index is 1210. The third-order valence-corrected chi connectivity index (χ3v) is 7.11. The van der Waals surface area contributed by atoms with Gasteiger partial charge < -0.3 is 5.32 Å². The molecule has 2 N–H and O–H groups in total. The fourth-order valence-corrected chi connectivity index (χ4v) is 5.20. The van der Waals surface area contributed by atoms with Crippen molar-refractivity contribution in [2.24, 2.45) is 0 Å². The summed E-state index contributed by atoms with van der Waals surface area (Å²) in [5.41, 5.74) is 2.34. The highest BCUT2D eigenvalue weighted by molar-refractivity contribution is 7.94. The van der Waals surface area contributed by atoms with Gasteiger partial charge in [0, 0.05) is 23.6 Å². The van der Waals surface area contributed by atoms with Crippen LogP contribution in [0, 0.1) is 0 Å². The number of rotatable bonds is 5. The maximum Gasteiger partial charge on any atom is 0.273 e. The monoisotopic (exact) mass is 419 g/mol. The number of carbonyl (C=O) groups is 1. The van der Waals surface area contributed by atoms with Gasteiger partial charge in [-0.3, -0.25) is 4.79 Å². The van der Waals surface area contributed by atoms with Crippen LogP contribution in [0.1, 0.15) is 6.92 Å². The number of nitrogens with one attached hydrogen (secondary N) is 2. The molecule has 4 rings (SSSR count). The highest BCUT2D eigenvalue weighted by Gasteiger charge is 2.19. The van der Waals surface area contributed by atoms with E-state index < -0.39 is 10.0 Å². The van der Waals surface area contributed by atoms with Crippen LogP contribution in [0.5, 0.6) is 0 Å². The maximum absolute atomic E-state index is 12.3. The molecule has 27 heavy (non-hydrogen) atoms. The quantitative estimate of drug-likeness (QED) is 0.516. The van der Waals surface area contributed by atoms with Gasteiger partial charge in [0.2, 0.25) is 10.9 Å². The lowest BCUT2D eigenvalue weighted by Crippen LogP contribution is -2.12. The maximum atomic E-state index is 12.3. The van der Waals surface area contributed by atoms with Crippen LogP contribution in [0.25, 0.3) is 16.2 Å². The minimum Gasteiger partial charge on any atom is -0.326 e. The topological polar surface area (TPSA) is 105 Å². The largest absolute Gasteiger partial charge is 0.326 e. The Labute approximate surface area is 162 Å². The summed E-state index contributed by atoms with van der Waals surface area (Å²) >= 11 is 2.48. The standard InChI is InChI=1S/C16H13N5O3S3/c1-10(22)17-12-6-4-11(5-7-12)13-9-26-16-18-15(19-21(13)16)20-27(23,24)14-3-2-8-25-14/h2-9H,1H3,(H,17,22)(H,19,20). The van der Waals surface area contributed by atoms with Crippen molar-refractivity contribution < 1.29 is 13.2 Å². The van der Waals surface area contributed by atoms with Gasteiger partial charge in [-0.15, -0.1) is 27.8 Å². The van der Waals surface area contributed by atoms with Gasteiger partial charge in [-0.25, -0.2) is 17.7 Å². The van der Waals surface area contributed by atoms with Gasteiger partial charge in [0.15, 0.2) is 0 Å². The molecule has 4 aromatic rings. The van der Waals surface area contributed by atoms with Gasteiger partial charge in [-0.05, 0) is 23.6 Å². The van der Waals surface area contributed by atoms with E-state index in [9.17, 15) is 13.2 Å². The molecular weight excluding hydrogens is 406 g/mol. The Morgan fingerprint density at radius 1 is 1.15 bits per heavy atom. The van der Waals surface area contributed by atoms with Gasteiger partial charge in [0.05, 0.1) is 5.69 Å². The number of benzene rings is 1. The normalized spacial score (nSPS) is 11.6. The summed E-state index contributed by atoms with van der Waals surface area (Å²) in [7, 11) is -3.70. The van der Waals surface area contributed by atoms with Crippen molar-refractivity contribution in [2.45, 2.75) is 11.1 Å². The molecule has 11 heteroatoms. The van der Waals surface area contributed by atoms with Gasteiger partial charge in [0.1, 0.15) is 4.21 Å².